The molecule has 0 aliphatic carbocycles. The van der Waals surface area contributed by atoms with Gasteiger partial charge in [0.05, 0.1) is 23.3 Å². The number of ether oxygens (including phenoxy) is 1. The molecule has 1 saturated heterocycles. The van der Waals surface area contributed by atoms with Gasteiger partial charge in [0.15, 0.2) is 0 Å². The highest BCUT2D eigenvalue weighted by atomic mass is 19.1. The highest BCUT2D eigenvalue weighted by Gasteiger charge is 2.26. The van der Waals surface area contributed by atoms with Gasteiger partial charge in [0.25, 0.3) is 0 Å². The van der Waals surface area contributed by atoms with Gasteiger partial charge in [-0.3, -0.25) is 9.48 Å². The predicted molar refractivity (Wildman–Crippen MR) is 149 cm³/mol. The van der Waals surface area contributed by atoms with Crippen LogP contribution in [0.2, 0.25) is 0 Å². The standard InChI is InChI=1S/C29H27FN8O2/c1-3-24(39)37-13-11-20(12-14-37)38-16-19(15-34-38)27-25(26-28(31)32-17-33-29(26)36(27)2)18-7-9-21(10-8-18)40-23-6-4-5-22(30)35-23/h3-10,15-17,20H,1,11-14H2,2H3,(H2,31,32,33). The van der Waals surface area contributed by atoms with Crippen molar-refractivity contribution in [3.63, 3.8) is 0 Å². The lowest BCUT2D eigenvalue weighted by Crippen LogP contribution is -2.38. The van der Waals surface area contributed by atoms with Gasteiger partial charge < -0.3 is 19.9 Å². The third-order valence-corrected chi connectivity index (χ3v) is 7.25. The number of rotatable bonds is 6. The van der Waals surface area contributed by atoms with E-state index in [-0.39, 0.29) is 17.8 Å². The van der Waals surface area contributed by atoms with Crippen LogP contribution in [-0.2, 0) is 11.8 Å². The maximum absolute atomic E-state index is 13.5. The monoisotopic (exact) mass is 538 g/mol. The van der Waals surface area contributed by atoms with Crippen LogP contribution in [0.5, 0.6) is 11.6 Å². The lowest BCUT2D eigenvalue weighted by Gasteiger charge is -2.31. The third kappa shape index (κ3) is 4.55. The molecule has 1 amide bonds. The molecular weight excluding hydrogens is 511 g/mol. The van der Waals surface area contributed by atoms with E-state index in [1.807, 2.05) is 45.7 Å². The number of halogens is 1. The lowest BCUT2D eigenvalue weighted by atomic mass is 10.00. The minimum Gasteiger partial charge on any atom is -0.439 e. The molecule has 2 N–H and O–H groups in total. The molecule has 4 aromatic heterocycles. The number of benzene rings is 1. The van der Waals surface area contributed by atoms with E-state index in [9.17, 15) is 9.18 Å². The number of hydrogen-bond donors (Lipinski definition) is 1. The average molecular weight is 539 g/mol. The van der Waals surface area contributed by atoms with Gasteiger partial charge in [0.1, 0.15) is 23.5 Å². The summed E-state index contributed by atoms with van der Waals surface area (Å²) in [5.41, 5.74) is 10.6. The summed E-state index contributed by atoms with van der Waals surface area (Å²) in [5, 5.41) is 5.44. The summed E-state index contributed by atoms with van der Waals surface area (Å²) in [7, 11) is 1.94. The molecule has 0 unspecified atom stereocenters. The summed E-state index contributed by atoms with van der Waals surface area (Å²) in [6, 6.07) is 12.0. The fraction of sp³-hybridized carbons (Fsp3) is 0.207. The number of carbonyl (C=O) groups is 1. The zero-order chi connectivity index (χ0) is 27.8. The van der Waals surface area contributed by atoms with Crippen molar-refractivity contribution in [2.75, 3.05) is 18.8 Å². The zero-order valence-electron chi connectivity index (χ0n) is 21.9. The maximum Gasteiger partial charge on any atom is 0.245 e. The molecule has 0 atom stereocenters. The van der Waals surface area contributed by atoms with Gasteiger partial charge in [-0.05, 0) is 42.7 Å². The molecule has 11 heteroatoms. The number of likely N-dealkylation sites (tertiary alicyclic amines) is 1. The van der Waals surface area contributed by atoms with Gasteiger partial charge in [0, 0.05) is 43.5 Å². The highest BCUT2D eigenvalue weighted by molar-refractivity contribution is 6.07. The number of hydrogen-bond acceptors (Lipinski definition) is 7. The molecule has 1 aromatic carbocycles. The summed E-state index contributed by atoms with van der Waals surface area (Å²) in [4.78, 5) is 26.3. The van der Waals surface area contributed by atoms with E-state index in [0.29, 0.717) is 30.3 Å². The number of carbonyl (C=O) groups excluding carboxylic acids is 1. The number of anilines is 1. The average Bonchev–Trinajstić information content (AvgIpc) is 3.57. The van der Waals surface area contributed by atoms with Gasteiger partial charge in [-0.2, -0.15) is 14.5 Å². The van der Waals surface area contributed by atoms with Crippen LogP contribution in [0.15, 0.2) is 73.8 Å². The quantitative estimate of drug-likeness (QED) is 0.245. The minimum atomic E-state index is -0.610. The van der Waals surface area contributed by atoms with E-state index in [1.54, 1.807) is 24.3 Å². The maximum atomic E-state index is 13.5. The van der Waals surface area contributed by atoms with Gasteiger partial charge in [-0.15, -0.1) is 0 Å². The summed E-state index contributed by atoms with van der Waals surface area (Å²) in [6.45, 7) is 4.91. The molecule has 1 fully saturated rings. The van der Waals surface area contributed by atoms with E-state index in [2.05, 4.69) is 21.5 Å². The fourth-order valence-corrected chi connectivity index (χ4v) is 5.29. The number of pyridine rings is 1. The molecule has 1 aliphatic rings. The molecule has 6 rings (SSSR count). The number of amides is 1. The first kappa shape index (κ1) is 25.2. The molecule has 0 bridgehead atoms. The molecule has 10 nitrogen and oxygen atoms in total. The van der Waals surface area contributed by atoms with Gasteiger partial charge in [-0.1, -0.05) is 24.8 Å². The molecule has 202 valence electrons. The van der Waals surface area contributed by atoms with E-state index < -0.39 is 5.95 Å². The van der Waals surface area contributed by atoms with E-state index in [1.165, 1.54) is 18.5 Å². The Bertz CT molecular complexity index is 1720. The van der Waals surface area contributed by atoms with Crippen molar-refractivity contribution in [1.82, 2.24) is 34.2 Å². The number of nitrogens with two attached hydrogens (primary N) is 1. The van der Waals surface area contributed by atoms with Crippen molar-refractivity contribution >= 4 is 22.8 Å². The number of nitrogens with zero attached hydrogens (tertiary/aromatic N) is 7. The first-order chi connectivity index (χ1) is 19.4. The van der Waals surface area contributed by atoms with Crippen LogP contribution in [0, 0.1) is 5.95 Å². The highest BCUT2D eigenvalue weighted by Crippen LogP contribution is 2.42. The molecule has 0 radical (unpaired) electrons. The van der Waals surface area contributed by atoms with Crippen LogP contribution in [0.1, 0.15) is 18.9 Å². The topological polar surface area (TPSA) is 117 Å². The molecule has 5 aromatic rings. The SMILES string of the molecule is C=CC(=O)N1CCC(n2cc(-c3c(-c4ccc(Oc5cccc(F)n5)cc4)c4c(N)ncnc4n3C)cn2)CC1. The Kier molecular flexibility index (Phi) is 6.47. The van der Waals surface area contributed by atoms with Crippen molar-refractivity contribution in [2.45, 2.75) is 18.9 Å². The van der Waals surface area contributed by atoms with Crippen LogP contribution in [-0.4, -0.2) is 53.2 Å². The van der Waals surface area contributed by atoms with Gasteiger partial charge in [0.2, 0.25) is 17.7 Å². The van der Waals surface area contributed by atoms with E-state index in [4.69, 9.17) is 15.6 Å². The van der Waals surface area contributed by atoms with E-state index in [0.717, 1.165) is 40.6 Å². The Labute approximate surface area is 229 Å². The number of piperidine rings is 1. The van der Waals surface area contributed by atoms with Crippen LogP contribution < -0.4 is 10.5 Å². The number of fused-ring (bicyclic) bond motifs is 1. The molecule has 5 heterocycles. The molecule has 0 saturated carbocycles. The molecular formula is C29H27FN8O2. The zero-order valence-corrected chi connectivity index (χ0v) is 21.9. The smallest absolute Gasteiger partial charge is 0.245 e. The number of aromatic nitrogens is 6. The van der Waals surface area contributed by atoms with Crippen molar-refractivity contribution < 1.29 is 13.9 Å². The summed E-state index contributed by atoms with van der Waals surface area (Å²) in [6.07, 6.45) is 8.31. The van der Waals surface area contributed by atoms with Crippen molar-refractivity contribution in [3.05, 3.63) is 79.8 Å². The predicted octanol–water partition coefficient (Wildman–Crippen LogP) is 4.76. The van der Waals surface area contributed by atoms with E-state index >= 15 is 0 Å². The first-order valence-corrected chi connectivity index (χ1v) is 12.9. The van der Waals surface area contributed by atoms with Crippen molar-refractivity contribution in [1.29, 1.82) is 0 Å². The second-order valence-corrected chi connectivity index (χ2v) is 9.63. The van der Waals surface area contributed by atoms with Crippen molar-refractivity contribution in [2.24, 2.45) is 7.05 Å². The van der Waals surface area contributed by atoms with Gasteiger partial charge in [-0.25, -0.2) is 9.97 Å². The Hall–Kier alpha value is -5.06. The Balaban J connectivity index is 1.36. The molecule has 0 spiro atoms. The van der Waals surface area contributed by atoms with Crippen LogP contribution >= 0.6 is 0 Å². The van der Waals surface area contributed by atoms with Gasteiger partial charge >= 0.3 is 0 Å². The Morgan fingerprint density at radius 3 is 2.62 bits per heavy atom. The normalized spacial score (nSPS) is 14.0. The minimum absolute atomic E-state index is 0.0398. The fourth-order valence-electron chi connectivity index (χ4n) is 5.29. The number of aryl methyl sites for hydroxylation is 1. The lowest BCUT2D eigenvalue weighted by molar-refractivity contribution is -0.127. The van der Waals surface area contributed by atoms with Crippen LogP contribution in [0.25, 0.3) is 33.4 Å². The molecule has 1 aliphatic heterocycles. The van der Waals surface area contributed by atoms with Crippen molar-refractivity contribution in [3.8, 4) is 34.0 Å². The summed E-state index contributed by atoms with van der Waals surface area (Å²) < 4.78 is 23.2. The Morgan fingerprint density at radius 2 is 1.90 bits per heavy atom. The third-order valence-electron chi connectivity index (χ3n) is 7.25. The van der Waals surface area contributed by atoms with Crippen LogP contribution in [0.4, 0.5) is 10.2 Å². The number of nitrogen functional groups attached to an aromatic ring is 1. The first-order valence-electron chi connectivity index (χ1n) is 12.9. The summed E-state index contributed by atoms with van der Waals surface area (Å²) >= 11 is 0. The molecule has 40 heavy (non-hydrogen) atoms. The second kappa shape index (κ2) is 10.3. The second-order valence-electron chi connectivity index (χ2n) is 9.63. The summed E-state index contributed by atoms with van der Waals surface area (Å²) in [5.74, 6) is 0.409. The largest absolute Gasteiger partial charge is 0.439 e. The Morgan fingerprint density at radius 1 is 1.12 bits per heavy atom. The van der Waals surface area contributed by atoms with Crippen LogP contribution in [0.3, 0.4) is 0 Å².